The van der Waals surface area contributed by atoms with Crippen molar-refractivity contribution in [1.29, 1.82) is 0 Å². The van der Waals surface area contributed by atoms with E-state index >= 15 is 0 Å². The fraction of sp³-hybridized carbons (Fsp3) is 0.650. The van der Waals surface area contributed by atoms with Crippen LogP contribution in [-0.4, -0.2) is 29.8 Å². The normalized spacial score (nSPS) is 29.4. The second kappa shape index (κ2) is 5.81. The second-order valence-corrected chi connectivity index (χ2v) is 8.27. The molecule has 22 heavy (non-hydrogen) atoms. The highest BCUT2D eigenvalue weighted by atomic mass is 16.1. The first-order valence-corrected chi connectivity index (χ1v) is 8.73. The van der Waals surface area contributed by atoms with Gasteiger partial charge in [0.2, 0.25) is 0 Å². The monoisotopic (exact) mass is 299 g/mol. The Morgan fingerprint density at radius 1 is 1.14 bits per heavy atom. The van der Waals surface area contributed by atoms with E-state index in [0.29, 0.717) is 17.9 Å². The summed E-state index contributed by atoms with van der Waals surface area (Å²) < 4.78 is 0. The first-order valence-electron chi connectivity index (χ1n) is 8.73. The SMILES string of the molecule is CN1C2CCCC1CC(C(=O)c1cccc(C(C)(C)C)c1)C2. The Labute approximate surface area is 134 Å². The number of carbonyl (C=O) groups excluding carboxylic acids is 1. The third-order valence-corrected chi connectivity index (χ3v) is 5.72. The standard InChI is InChI=1S/C20H29NO/c1-20(2,3)16-8-5-7-14(11-16)19(22)15-12-17-9-6-10-18(13-15)21(17)4/h5,7-8,11,15,17-18H,6,9-10,12-13H2,1-4H3. The third-order valence-electron chi connectivity index (χ3n) is 5.72. The van der Waals surface area contributed by atoms with Crippen molar-refractivity contribution in [3.8, 4) is 0 Å². The number of hydrogen-bond donors (Lipinski definition) is 0. The minimum Gasteiger partial charge on any atom is -0.300 e. The Bertz CT molecular complexity index is 543. The summed E-state index contributed by atoms with van der Waals surface area (Å²) in [6.07, 6.45) is 5.95. The largest absolute Gasteiger partial charge is 0.300 e. The van der Waals surface area contributed by atoms with E-state index in [1.165, 1.54) is 24.8 Å². The van der Waals surface area contributed by atoms with Crippen LogP contribution in [0.4, 0.5) is 0 Å². The van der Waals surface area contributed by atoms with Gasteiger partial charge in [-0.25, -0.2) is 0 Å². The highest BCUT2D eigenvalue weighted by molar-refractivity contribution is 5.98. The maximum absolute atomic E-state index is 13.0. The van der Waals surface area contributed by atoms with Crippen molar-refractivity contribution in [1.82, 2.24) is 4.90 Å². The lowest BCUT2D eigenvalue weighted by molar-refractivity contribution is 0.0338. The van der Waals surface area contributed by atoms with E-state index in [4.69, 9.17) is 0 Å². The van der Waals surface area contributed by atoms with Crippen LogP contribution in [0.5, 0.6) is 0 Å². The van der Waals surface area contributed by atoms with Crippen LogP contribution < -0.4 is 0 Å². The lowest BCUT2D eigenvalue weighted by Crippen LogP contribution is -2.51. The fourth-order valence-corrected chi connectivity index (χ4v) is 4.20. The van der Waals surface area contributed by atoms with Crippen LogP contribution >= 0.6 is 0 Å². The molecule has 0 spiro atoms. The second-order valence-electron chi connectivity index (χ2n) is 8.27. The quantitative estimate of drug-likeness (QED) is 0.753. The van der Waals surface area contributed by atoms with Gasteiger partial charge in [0.1, 0.15) is 0 Å². The summed E-state index contributed by atoms with van der Waals surface area (Å²) in [5.74, 6) is 0.595. The van der Waals surface area contributed by atoms with Gasteiger partial charge in [-0.2, -0.15) is 0 Å². The number of ketones is 1. The van der Waals surface area contributed by atoms with E-state index in [2.05, 4.69) is 44.9 Å². The number of rotatable bonds is 2. The summed E-state index contributed by atoms with van der Waals surface area (Å²) in [4.78, 5) is 15.5. The lowest BCUT2D eigenvalue weighted by atomic mass is 9.75. The minimum atomic E-state index is 0.0968. The van der Waals surface area contributed by atoms with Crippen molar-refractivity contribution in [2.24, 2.45) is 5.92 Å². The Hall–Kier alpha value is -1.15. The van der Waals surface area contributed by atoms with Crippen LogP contribution in [0, 0.1) is 5.92 Å². The molecule has 0 aromatic heterocycles. The van der Waals surface area contributed by atoms with Crippen LogP contribution in [0.3, 0.4) is 0 Å². The zero-order chi connectivity index (χ0) is 15.9. The molecule has 2 saturated heterocycles. The van der Waals surface area contributed by atoms with E-state index in [1.807, 2.05) is 12.1 Å². The summed E-state index contributed by atoms with van der Waals surface area (Å²) >= 11 is 0. The fourth-order valence-electron chi connectivity index (χ4n) is 4.20. The molecule has 0 saturated carbocycles. The van der Waals surface area contributed by atoms with Crippen LogP contribution in [0.25, 0.3) is 0 Å². The molecule has 2 unspecified atom stereocenters. The van der Waals surface area contributed by atoms with E-state index in [9.17, 15) is 4.79 Å². The number of piperidine rings is 2. The molecular formula is C20H29NO. The van der Waals surface area contributed by atoms with E-state index in [-0.39, 0.29) is 11.3 Å². The average Bonchev–Trinajstić information content (AvgIpc) is 2.45. The van der Waals surface area contributed by atoms with Gasteiger partial charge >= 0.3 is 0 Å². The number of nitrogens with zero attached hydrogens (tertiary/aromatic N) is 1. The molecule has 2 fully saturated rings. The molecule has 120 valence electrons. The molecule has 0 aliphatic carbocycles. The highest BCUT2D eigenvalue weighted by Crippen LogP contribution is 2.37. The molecule has 0 N–H and O–H groups in total. The maximum atomic E-state index is 13.0. The van der Waals surface area contributed by atoms with Crippen molar-refractivity contribution in [2.45, 2.75) is 70.4 Å². The van der Waals surface area contributed by atoms with Gasteiger partial charge in [-0.1, -0.05) is 45.4 Å². The number of Topliss-reactive ketones (excluding diaryl/α,β-unsaturated/α-hetero) is 1. The molecule has 0 amide bonds. The van der Waals surface area contributed by atoms with Crippen molar-refractivity contribution in [3.63, 3.8) is 0 Å². The Balaban J connectivity index is 1.80. The van der Waals surface area contributed by atoms with Crippen LogP contribution in [0.2, 0.25) is 0 Å². The average molecular weight is 299 g/mol. The van der Waals surface area contributed by atoms with Gasteiger partial charge in [0.25, 0.3) is 0 Å². The smallest absolute Gasteiger partial charge is 0.166 e. The van der Waals surface area contributed by atoms with Crippen molar-refractivity contribution < 1.29 is 4.79 Å². The van der Waals surface area contributed by atoms with Crippen LogP contribution in [0.15, 0.2) is 24.3 Å². The van der Waals surface area contributed by atoms with Gasteiger partial charge in [0.15, 0.2) is 5.78 Å². The van der Waals surface area contributed by atoms with Gasteiger partial charge in [-0.15, -0.1) is 0 Å². The van der Waals surface area contributed by atoms with Crippen molar-refractivity contribution in [2.75, 3.05) is 7.05 Å². The van der Waals surface area contributed by atoms with Gasteiger partial charge in [0, 0.05) is 23.6 Å². The van der Waals surface area contributed by atoms with Crippen LogP contribution in [0.1, 0.15) is 68.8 Å². The van der Waals surface area contributed by atoms with Gasteiger partial charge < -0.3 is 4.90 Å². The summed E-state index contributed by atoms with van der Waals surface area (Å²) in [7, 11) is 2.25. The molecule has 2 aliphatic rings. The number of fused-ring (bicyclic) bond motifs is 2. The first kappa shape index (κ1) is 15.7. The first-order chi connectivity index (χ1) is 10.4. The van der Waals surface area contributed by atoms with E-state index in [1.54, 1.807) is 0 Å². The van der Waals surface area contributed by atoms with Gasteiger partial charge in [-0.3, -0.25) is 4.79 Å². The molecule has 3 rings (SSSR count). The highest BCUT2D eigenvalue weighted by Gasteiger charge is 2.38. The number of benzene rings is 1. The molecule has 2 aliphatic heterocycles. The topological polar surface area (TPSA) is 20.3 Å². The molecular weight excluding hydrogens is 270 g/mol. The van der Waals surface area contributed by atoms with Crippen LogP contribution in [-0.2, 0) is 5.41 Å². The minimum absolute atomic E-state index is 0.0968. The summed E-state index contributed by atoms with van der Waals surface area (Å²) in [5.41, 5.74) is 2.27. The van der Waals surface area contributed by atoms with Gasteiger partial charge in [0.05, 0.1) is 0 Å². The third kappa shape index (κ3) is 2.99. The molecule has 2 nitrogen and oxygen atoms in total. The zero-order valence-corrected chi connectivity index (χ0v) is 14.4. The van der Waals surface area contributed by atoms with Crippen molar-refractivity contribution >= 4 is 5.78 Å². The van der Waals surface area contributed by atoms with E-state index < -0.39 is 0 Å². The number of hydrogen-bond acceptors (Lipinski definition) is 2. The Morgan fingerprint density at radius 3 is 2.36 bits per heavy atom. The Kier molecular flexibility index (Phi) is 4.15. The predicted molar refractivity (Wildman–Crippen MR) is 91.4 cm³/mol. The molecule has 1 aromatic rings. The number of carbonyl (C=O) groups is 1. The molecule has 2 atom stereocenters. The molecule has 2 heterocycles. The zero-order valence-electron chi connectivity index (χ0n) is 14.4. The predicted octanol–water partition coefficient (Wildman–Crippen LogP) is 4.43. The van der Waals surface area contributed by atoms with E-state index in [0.717, 1.165) is 18.4 Å². The lowest BCUT2D eigenvalue weighted by Gasteiger charge is -2.46. The molecule has 0 radical (unpaired) electrons. The molecule has 1 aromatic carbocycles. The van der Waals surface area contributed by atoms with Crippen molar-refractivity contribution in [3.05, 3.63) is 35.4 Å². The maximum Gasteiger partial charge on any atom is 0.166 e. The summed E-state index contributed by atoms with van der Waals surface area (Å²) in [5, 5.41) is 0. The molecule has 2 heteroatoms. The summed E-state index contributed by atoms with van der Waals surface area (Å²) in [6.45, 7) is 6.61. The molecule has 2 bridgehead atoms. The Morgan fingerprint density at radius 2 is 1.77 bits per heavy atom. The summed E-state index contributed by atoms with van der Waals surface area (Å²) in [6, 6.07) is 9.55. The van der Waals surface area contributed by atoms with Gasteiger partial charge in [-0.05, 0) is 49.8 Å².